The van der Waals surface area contributed by atoms with Crippen LogP contribution in [0.25, 0.3) is 6.08 Å². The molecule has 6 heteroatoms. The van der Waals surface area contributed by atoms with Gasteiger partial charge >= 0.3 is 0 Å². The third kappa shape index (κ3) is 6.84. The fourth-order valence-electron chi connectivity index (χ4n) is 3.66. The van der Waals surface area contributed by atoms with E-state index in [-0.39, 0.29) is 5.91 Å². The summed E-state index contributed by atoms with van der Waals surface area (Å²) in [5.41, 5.74) is 5.31. The first-order chi connectivity index (χ1) is 17.0. The van der Waals surface area contributed by atoms with Crippen molar-refractivity contribution < 1.29 is 14.3 Å². The smallest absolute Gasteiger partial charge is 0.249 e. The van der Waals surface area contributed by atoms with Crippen molar-refractivity contribution in [3.8, 4) is 11.5 Å². The molecule has 3 aromatic carbocycles. The van der Waals surface area contributed by atoms with Gasteiger partial charge in [0.2, 0.25) is 5.91 Å². The fourth-order valence-corrected chi connectivity index (χ4v) is 3.66. The van der Waals surface area contributed by atoms with Crippen LogP contribution in [0.2, 0.25) is 0 Å². The summed E-state index contributed by atoms with van der Waals surface area (Å²) in [7, 11) is 1.63. The molecule has 1 amide bonds. The van der Waals surface area contributed by atoms with Crippen LogP contribution < -0.4 is 14.8 Å². The maximum atomic E-state index is 12.4. The third-order valence-corrected chi connectivity index (χ3v) is 5.47. The predicted molar refractivity (Wildman–Crippen MR) is 139 cm³/mol. The number of anilines is 1. The van der Waals surface area contributed by atoms with Crippen molar-refractivity contribution in [1.29, 1.82) is 0 Å². The number of aromatic nitrogens is 2. The van der Waals surface area contributed by atoms with E-state index in [1.54, 1.807) is 23.9 Å². The lowest BCUT2D eigenvalue weighted by Crippen LogP contribution is -2.09. The Labute approximate surface area is 205 Å². The van der Waals surface area contributed by atoms with Crippen LogP contribution >= 0.6 is 0 Å². The normalized spacial score (nSPS) is 10.9. The maximum absolute atomic E-state index is 12.4. The fraction of sp³-hybridized carbons (Fsp3) is 0.172. The van der Waals surface area contributed by atoms with Crippen molar-refractivity contribution in [1.82, 2.24) is 9.78 Å². The van der Waals surface area contributed by atoms with E-state index in [1.807, 2.05) is 61.7 Å². The Morgan fingerprint density at radius 1 is 1.00 bits per heavy atom. The molecule has 0 unspecified atom stereocenters. The van der Waals surface area contributed by atoms with Gasteiger partial charge in [-0.15, -0.1) is 0 Å². The first kappa shape index (κ1) is 23.8. The first-order valence-corrected chi connectivity index (χ1v) is 11.4. The summed E-state index contributed by atoms with van der Waals surface area (Å²) in [5, 5.41) is 7.25. The number of hydrogen-bond donors (Lipinski definition) is 1. The van der Waals surface area contributed by atoms with E-state index in [4.69, 9.17) is 9.47 Å². The van der Waals surface area contributed by atoms with Gasteiger partial charge in [-0.3, -0.25) is 9.48 Å². The number of nitrogens with one attached hydrogen (secondary N) is 1. The SMILES string of the molecule is COc1ccc(/C=C/C(=O)Nc2ccn(Cc3cccc(C)c3)n2)cc1COc1ccc(C)cc1. The van der Waals surface area contributed by atoms with Crippen molar-refractivity contribution in [3.05, 3.63) is 113 Å². The molecular formula is C29H29N3O3. The number of hydrogen-bond acceptors (Lipinski definition) is 4. The zero-order chi connectivity index (χ0) is 24.6. The lowest BCUT2D eigenvalue weighted by atomic mass is 10.1. The minimum Gasteiger partial charge on any atom is -0.496 e. The molecule has 35 heavy (non-hydrogen) atoms. The summed E-state index contributed by atoms with van der Waals surface area (Å²) in [6.07, 6.45) is 5.10. The minimum atomic E-state index is -0.251. The average Bonchev–Trinajstić information content (AvgIpc) is 3.28. The molecule has 0 aliphatic rings. The van der Waals surface area contributed by atoms with Crippen LogP contribution in [-0.2, 0) is 17.9 Å². The van der Waals surface area contributed by atoms with Gasteiger partial charge in [-0.1, -0.05) is 53.6 Å². The van der Waals surface area contributed by atoms with Gasteiger partial charge in [0.05, 0.1) is 13.7 Å². The van der Waals surface area contributed by atoms with Crippen LogP contribution in [0.1, 0.15) is 27.8 Å². The second kappa shape index (κ2) is 11.2. The molecule has 0 aliphatic heterocycles. The molecule has 0 saturated carbocycles. The van der Waals surface area contributed by atoms with Gasteiger partial charge in [0, 0.05) is 23.9 Å². The lowest BCUT2D eigenvalue weighted by molar-refractivity contribution is -0.111. The highest BCUT2D eigenvalue weighted by Crippen LogP contribution is 2.23. The van der Waals surface area contributed by atoms with Crippen LogP contribution in [0.4, 0.5) is 5.82 Å². The van der Waals surface area contributed by atoms with Crippen molar-refractivity contribution >= 4 is 17.8 Å². The van der Waals surface area contributed by atoms with Crippen molar-refractivity contribution in [3.63, 3.8) is 0 Å². The van der Waals surface area contributed by atoms with E-state index >= 15 is 0 Å². The molecule has 1 N–H and O–H groups in total. The zero-order valence-electron chi connectivity index (χ0n) is 20.2. The Morgan fingerprint density at radius 2 is 1.83 bits per heavy atom. The van der Waals surface area contributed by atoms with Crippen molar-refractivity contribution in [2.24, 2.45) is 0 Å². The second-order valence-electron chi connectivity index (χ2n) is 8.38. The lowest BCUT2D eigenvalue weighted by Gasteiger charge is -2.11. The third-order valence-electron chi connectivity index (χ3n) is 5.47. The summed E-state index contributed by atoms with van der Waals surface area (Å²) in [6, 6.07) is 23.7. The van der Waals surface area contributed by atoms with E-state index in [9.17, 15) is 4.79 Å². The van der Waals surface area contributed by atoms with Gasteiger partial charge in [-0.2, -0.15) is 5.10 Å². The van der Waals surface area contributed by atoms with Gasteiger partial charge in [-0.05, 0) is 55.3 Å². The van der Waals surface area contributed by atoms with Crippen molar-refractivity contribution in [2.75, 3.05) is 12.4 Å². The molecule has 0 saturated heterocycles. The van der Waals surface area contributed by atoms with E-state index in [2.05, 4.69) is 35.5 Å². The van der Waals surface area contributed by atoms with Crippen LogP contribution in [0.3, 0.4) is 0 Å². The number of aryl methyl sites for hydroxylation is 2. The van der Waals surface area contributed by atoms with Gasteiger partial charge in [0.15, 0.2) is 5.82 Å². The van der Waals surface area contributed by atoms with Crippen LogP contribution in [0.15, 0.2) is 85.1 Å². The van der Waals surface area contributed by atoms with Gasteiger partial charge in [-0.25, -0.2) is 0 Å². The second-order valence-corrected chi connectivity index (χ2v) is 8.38. The monoisotopic (exact) mass is 467 g/mol. The molecule has 1 heterocycles. The molecule has 0 radical (unpaired) electrons. The van der Waals surface area contributed by atoms with Gasteiger partial charge < -0.3 is 14.8 Å². The number of ether oxygens (including phenoxy) is 2. The summed E-state index contributed by atoms with van der Waals surface area (Å²) in [6.45, 7) is 5.11. The quantitative estimate of drug-likeness (QED) is 0.317. The van der Waals surface area contributed by atoms with E-state index in [0.717, 1.165) is 28.2 Å². The van der Waals surface area contributed by atoms with Crippen LogP contribution in [-0.4, -0.2) is 22.8 Å². The molecule has 0 fully saturated rings. The Balaban J connectivity index is 1.36. The van der Waals surface area contributed by atoms with Crippen molar-refractivity contribution in [2.45, 2.75) is 27.0 Å². The molecular weight excluding hydrogens is 438 g/mol. The van der Waals surface area contributed by atoms with E-state index < -0.39 is 0 Å². The summed E-state index contributed by atoms with van der Waals surface area (Å²) in [4.78, 5) is 12.4. The highest BCUT2D eigenvalue weighted by molar-refractivity contribution is 6.01. The number of benzene rings is 3. The van der Waals surface area contributed by atoms with Gasteiger partial charge in [0.1, 0.15) is 18.1 Å². The van der Waals surface area contributed by atoms with Gasteiger partial charge in [0.25, 0.3) is 0 Å². The molecule has 178 valence electrons. The number of nitrogens with zero attached hydrogens (tertiary/aromatic N) is 2. The number of amides is 1. The molecule has 0 aliphatic carbocycles. The highest BCUT2D eigenvalue weighted by atomic mass is 16.5. The molecule has 0 atom stereocenters. The molecule has 0 bridgehead atoms. The highest BCUT2D eigenvalue weighted by Gasteiger charge is 2.07. The van der Waals surface area contributed by atoms with E-state index in [0.29, 0.717) is 19.0 Å². The average molecular weight is 468 g/mol. The van der Waals surface area contributed by atoms with Crippen LogP contribution in [0.5, 0.6) is 11.5 Å². The topological polar surface area (TPSA) is 65.4 Å². The molecule has 0 spiro atoms. The Bertz CT molecular complexity index is 1320. The molecule has 6 nitrogen and oxygen atoms in total. The number of methoxy groups -OCH3 is 1. The predicted octanol–water partition coefficient (Wildman–Crippen LogP) is 5.79. The molecule has 4 aromatic rings. The first-order valence-electron chi connectivity index (χ1n) is 11.4. The molecule has 1 aromatic heterocycles. The number of carbonyl (C=O) groups is 1. The van der Waals surface area contributed by atoms with Crippen LogP contribution in [0, 0.1) is 13.8 Å². The standard InChI is InChI=1S/C29H29N3O3/c1-21-7-11-26(12-8-21)35-20-25-18-23(9-13-27(25)34-3)10-14-29(33)30-28-15-16-32(31-28)19-24-6-4-5-22(2)17-24/h4-18H,19-20H2,1-3H3,(H,30,31,33)/b14-10+. The summed E-state index contributed by atoms with van der Waals surface area (Å²) in [5.74, 6) is 1.78. The Morgan fingerprint density at radius 3 is 2.60 bits per heavy atom. The largest absolute Gasteiger partial charge is 0.496 e. The zero-order valence-corrected chi connectivity index (χ0v) is 20.2. The maximum Gasteiger partial charge on any atom is 0.249 e. The van der Waals surface area contributed by atoms with E-state index in [1.165, 1.54) is 17.2 Å². The minimum absolute atomic E-state index is 0.251. The Kier molecular flexibility index (Phi) is 7.63. The number of carbonyl (C=O) groups excluding carboxylic acids is 1. The number of rotatable bonds is 9. The molecule has 4 rings (SSSR count). The Hall–Kier alpha value is -4.32. The summed E-state index contributed by atoms with van der Waals surface area (Å²) < 4.78 is 13.2. The summed E-state index contributed by atoms with van der Waals surface area (Å²) >= 11 is 0.